The van der Waals surface area contributed by atoms with Gasteiger partial charge in [-0.2, -0.15) is 0 Å². The second-order valence-corrected chi connectivity index (χ2v) is 7.51. The first-order valence-corrected chi connectivity index (χ1v) is 9.68. The van der Waals surface area contributed by atoms with Crippen LogP contribution < -0.4 is 20.3 Å². The van der Waals surface area contributed by atoms with Crippen molar-refractivity contribution in [3.63, 3.8) is 0 Å². The molecular weight excluding hydrogens is 354 g/mol. The summed E-state index contributed by atoms with van der Waals surface area (Å²) < 4.78 is 5.15. The summed E-state index contributed by atoms with van der Waals surface area (Å²) in [7, 11) is 1.61. The number of carbonyl (C=O) groups excluding carboxylic acids is 2. The van der Waals surface area contributed by atoms with Crippen molar-refractivity contribution >= 4 is 17.6 Å². The van der Waals surface area contributed by atoms with Crippen LogP contribution in [0.5, 0.6) is 5.75 Å². The molecule has 2 fully saturated rings. The average molecular weight is 379 g/mol. The summed E-state index contributed by atoms with van der Waals surface area (Å²) in [4.78, 5) is 26.4. The van der Waals surface area contributed by atoms with Crippen molar-refractivity contribution in [1.82, 2.24) is 10.6 Å². The number of benzene rings is 2. The lowest BCUT2D eigenvalue weighted by atomic mass is 10.1. The van der Waals surface area contributed by atoms with Crippen molar-refractivity contribution in [2.75, 3.05) is 18.6 Å². The van der Waals surface area contributed by atoms with E-state index in [0.717, 1.165) is 24.3 Å². The lowest BCUT2D eigenvalue weighted by molar-refractivity contribution is -0.117. The number of carbonyl (C=O) groups is 2. The third-order valence-electron chi connectivity index (χ3n) is 5.42. The van der Waals surface area contributed by atoms with Crippen molar-refractivity contribution in [2.45, 2.75) is 31.3 Å². The van der Waals surface area contributed by atoms with Gasteiger partial charge in [-0.15, -0.1) is 0 Å². The highest BCUT2D eigenvalue weighted by atomic mass is 16.5. The van der Waals surface area contributed by atoms with E-state index in [-0.39, 0.29) is 24.0 Å². The molecular formula is C22H25N3O3. The molecule has 2 aromatic rings. The van der Waals surface area contributed by atoms with Crippen molar-refractivity contribution in [3.05, 3.63) is 60.2 Å². The van der Waals surface area contributed by atoms with E-state index in [4.69, 9.17) is 4.74 Å². The van der Waals surface area contributed by atoms with Crippen LogP contribution in [-0.4, -0.2) is 37.7 Å². The van der Waals surface area contributed by atoms with E-state index in [0.29, 0.717) is 18.9 Å². The maximum absolute atomic E-state index is 12.3. The van der Waals surface area contributed by atoms with Crippen LogP contribution in [0.2, 0.25) is 0 Å². The van der Waals surface area contributed by atoms with Crippen LogP contribution in [-0.2, 0) is 11.2 Å². The van der Waals surface area contributed by atoms with Gasteiger partial charge in [-0.05, 0) is 48.6 Å². The average Bonchev–Trinajstić information content (AvgIpc) is 3.31. The van der Waals surface area contributed by atoms with E-state index in [9.17, 15) is 9.59 Å². The molecule has 1 saturated heterocycles. The van der Waals surface area contributed by atoms with Crippen LogP contribution in [0.3, 0.4) is 0 Å². The first kappa shape index (κ1) is 18.3. The van der Waals surface area contributed by atoms with Gasteiger partial charge in [0.05, 0.1) is 13.2 Å². The fraction of sp³-hybridized carbons (Fsp3) is 0.364. The van der Waals surface area contributed by atoms with Crippen molar-refractivity contribution in [2.24, 2.45) is 5.92 Å². The van der Waals surface area contributed by atoms with Gasteiger partial charge in [0, 0.05) is 24.7 Å². The molecule has 6 nitrogen and oxygen atoms in total. The SMILES string of the molecule is COc1ccc(N2CC(NC(=O)NC3CC3Cc3ccccc3)CC2=O)cc1. The molecule has 3 amide bonds. The third kappa shape index (κ3) is 4.27. The Balaban J connectivity index is 1.24. The van der Waals surface area contributed by atoms with Crippen LogP contribution in [0.1, 0.15) is 18.4 Å². The van der Waals surface area contributed by atoms with E-state index in [1.54, 1.807) is 12.0 Å². The van der Waals surface area contributed by atoms with Crippen molar-refractivity contribution in [3.8, 4) is 5.75 Å². The minimum absolute atomic E-state index is 0.0174. The van der Waals surface area contributed by atoms with Crippen LogP contribution in [0, 0.1) is 5.92 Å². The van der Waals surface area contributed by atoms with E-state index in [1.807, 2.05) is 42.5 Å². The van der Waals surface area contributed by atoms with Crippen LogP contribution in [0.25, 0.3) is 0 Å². The molecule has 3 unspecified atom stereocenters. The molecule has 0 spiro atoms. The van der Waals surface area contributed by atoms with Gasteiger partial charge < -0.3 is 20.3 Å². The third-order valence-corrected chi connectivity index (χ3v) is 5.42. The zero-order chi connectivity index (χ0) is 19.5. The molecule has 1 aliphatic heterocycles. The highest BCUT2D eigenvalue weighted by molar-refractivity contribution is 5.96. The van der Waals surface area contributed by atoms with Gasteiger partial charge in [-0.3, -0.25) is 4.79 Å². The largest absolute Gasteiger partial charge is 0.497 e. The zero-order valence-corrected chi connectivity index (χ0v) is 15.9. The molecule has 0 radical (unpaired) electrons. The highest BCUT2D eigenvalue weighted by Crippen LogP contribution is 2.33. The van der Waals surface area contributed by atoms with Crippen LogP contribution in [0.4, 0.5) is 10.5 Å². The maximum Gasteiger partial charge on any atom is 0.315 e. The number of nitrogens with one attached hydrogen (secondary N) is 2. The van der Waals surface area contributed by atoms with Crippen LogP contribution >= 0.6 is 0 Å². The lowest BCUT2D eigenvalue weighted by Gasteiger charge is -2.18. The van der Waals surface area contributed by atoms with Gasteiger partial charge in [0.2, 0.25) is 5.91 Å². The summed E-state index contributed by atoms with van der Waals surface area (Å²) in [5.74, 6) is 1.26. The number of hydrogen-bond donors (Lipinski definition) is 2. The van der Waals surface area contributed by atoms with Gasteiger partial charge >= 0.3 is 6.03 Å². The van der Waals surface area contributed by atoms with E-state index < -0.39 is 0 Å². The molecule has 1 aliphatic carbocycles. The molecule has 146 valence electrons. The summed E-state index contributed by atoms with van der Waals surface area (Å²) in [6.45, 7) is 0.483. The van der Waals surface area contributed by atoms with Gasteiger partial charge in [0.25, 0.3) is 0 Å². The molecule has 4 rings (SSSR count). The van der Waals surface area contributed by atoms with Gasteiger partial charge in [-0.1, -0.05) is 30.3 Å². The molecule has 28 heavy (non-hydrogen) atoms. The minimum Gasteiger partial charge on any atom is -0.497 e. The summed E-state index contributed by atoms with van der Waals surface area (Å²) in [6.07, 6.45) is 2.31. The molecule has 2 aliphatic rings. The Bertz CT molecular complexity index is 838. The summed E-state index contributed by atoms with van der Waals surface area (Å²) in [5, 5.41) is 5.99. The molecule has 2 N–H and O–H groups in total. The number of urea groups is 1. The van der Waals surface area contributed by atoms with Gasteiger partial charge in [0.15, 0.2) is 0 Å². The van der Waals surface area contributed by atoms with Crippen molar-refractivity contribution < 1.29 is 14.3 Å². The molecule has 1 saturated carbocycles. The number of methoxy groups -OCH3 is 1. The smallest absolute Gasteiger partial charge is 0.315 e. The maximum atomic E-state index is 12.3. The Kier molecular flexibility index (Phi) is 5.19. The second-order valence-electron chi connectivity index (χ2n) is 7.51. The number of anilines is 1. The normalized spacial score (nSPS) is 23.4. The quantitative estimate of drug-likeness (QED) is 0.811. The first-order valence-electron chi connectivity index (χ1n) is 9.68. The van der Waals surface area contributed by atoms with E-state index >= 15 is 0 Å². The second kappa shape index (κ2) is 7.92. The summed E-state index contributed by atoms with van der Waals surface area (Å²) in [6, 6.07) is 17.6. The molecule has 2 aromatic carbocycles. The zero-order valence-electron chi connectivity index (χ0n) is 15.9. The van der Waals surface area contributed by atoms with Gasteiger partial charge in [0.1, 0.15) is 5.75 Å². The van der Waals surface area contributed by atoms with Crippen molar-refractivity contribution in [1.29, 1.82) is 0 Å². The Morgan fingerprint density at radius 1 is 1.11 bits per heavy atom. The van der Waals surface area contributed by atoms with E-state index in [1.165, 1.54) is 5.56 Å². The topological polar surface area (TPSA) is 70.7 Å². The Hall–Kier alpha value is -3.02. The number of rotatable bonds is 6. The first-order chi connectivity index (χ1) is 13.6. The molecule has 3 atom stereocenters. The molecule has 0 aromatic heterocycles. The monoisotopic (exact) mass is 379 g/mol. The number of nitrogens with zero attached hydrogens (tertiary/aromatic N) is 1. The fourth-order valence-electron chi connectivity index (χ4n) is 3.78. The summed E-state index contributed by atoms with van der Waals surface area (Å²) in [5.41, 5.74) is 2.12. The Morgan fingerprint density at radius 3 is 2.57 bits per heavy atom. The standard InChI is InChI=1S/C22H25N3O3/c1-28-19-9-7-18(8-10-19)25-14-17(13-21(25)26)23-22(27)24-20-12-16(20)11-15-5-3-2-4-6-15/h2-10,16-17,20H,11-14H2,1H3,(H2,23,24,27). The van der Waals surface area contributed by atoms with E-state index in [2.05, 4.69) is 22.8 Å². The van der Waals surface area contributed by atoms with Gasteiger partial charge in [-0.25, -0.2) is 4.79 Å². The molecule has 0 bridgehead atoms. The summed E-state index contributed by atoms with van der Waals surface area (Å²) >= 11 is 0. The molecule has 1 heterocycles. The minimum atomic E-state index is -0.185. The molecule has 6 heteroatoms. The predicted molar refractivity (Wildman–Crippen MR) is 107 cm³/mol. The Labute approximate surface area is 164 Å². The number of ether oxygens (including phenoxy) is 1. The van der Waals surface area contributed by atoms with Crippen LogP contribution in [0.15, 0.2) is 54.6 Å². The lowest BCUT2D eigenvalue weighted by Crippen LogP contribution is -2.44. The number of amides is 3. The Morgan fingerprint density at radius 2 is 1.86 bits per heavy atom. The predicted octanol–water partition coefficient (Wildman–Crippen LogP) is 2.73. The number of hydrogen-bond acceptors (Lipinski definition) is 3. The highest BCUT2D eigenvalue weighted by Gasteiger charge is 2.39. The fourth-order valence-corrected chi connectivity index (χ4v) is 3.78.